The summed E-state index contributed by atoms with van der Waals surface area (Å²) in [5, 5.41) is 11.3. The number of aryl methyl sites for hydroxylation is 1. The fraction of sp³-hybridized carbons (Fsp3) is 0.190. The SMILES string of the molecule is COc1cc(C=C2NC(=O)N(Cc3ccc(C)cc3)C2=O)ccc1OCC(=O)O. The van der Waals surface area contributed by atoms with Gasteiger partial charge in [-0.3, -0.25) is 9.69 Å². The minimum absolute atomic E-state index is 0.142. The van der Waals surface area contributed by atoms with Gasteiger partial charge in [0.25, 0.3) is 5.91 Å². The lowest BCUT2D eigenvalue weighted by atomic mass is 10.1. The molecule has 1 aliphatic heterocycles. The highest BCUT2D eigenvalue weighted by molar-refractivity contribution is 6.13. The van der Waals surface area contributed by atoms with Gasteiger partial charge in [-0.25, -0.2) is 9.59 Å². The summed E-state index contributed by atoms with van der Waals surface area (Å²) < 4.78 is 10.4. The van der Waals surface area contributed by atoms with Crippen molar-refractivity contribution in [1.29, 1.82) is 0 Å². The quantitative estimate of drug-likeness (QED) is 0.551. The summed E-state index contributed by atoms with van der Waals surface area (Å²) >= 11 is 0. The Kier molecular flexibility index (Phi) is 5.82. The first-order valence-electron chi connectivity index (χ1n) is 8.80. The van der Waals surface area contributed by atoms with Gasteiger partial charge in [0, 0.05) is 0 Å². The highest BCUT2D eigenvalue weighted by Gasteiger charge is 2.33. The highest BCUT2D eigenvalue weighted by atomic mass is 16.5. The Balaban J connectivity index is 1.78. The van der Waals surface area contributed by atoms with E-state index >= 15 is 0 Å². The minimum atomic E-state index is -1.11. The summed E-state index contributed by atoms with van der Waals surface area (Å²) in [5.41, 5.74) is 2.67. The van der Waals surface area contributed by atoms with Crippen LogP contribution in [0.4, 0.5) is 4.79 Å². The highest BCUT2D eigenvalue weighted by Crippen LogP contribution is 2.29. The molecule has 2 aromatic rings. The molecule has 1 saturated heterocycles. The van der Waals surface area contributed by atoms with Gasteiger partial charge in [0.1, 0.15) is 5.70 Å². The van der Waals surface area contributed by atoms with E-state index < -0.39 is 24.5 Å². The van der Waals surface area contributed by atoms with E-state index in [1.807, 2.05) is 31.2 Å². The largest absolute Gasteiger partial charge is 0.493 e. The minimum Gasteiger partial charge on any atom is -0.493 e. The number of carbonyl (C=O) groups excluding carboxylic acids is 2. The normalized spacial score (nSPS) is 14.8. The first kappa shape index (κ1) is 19.9. The van der Waals surface area contributed by atoms with Crippen molar-refractivity contribution in [3.63, 3.8) is 0 Å². The number of hydrogen-bond donors (Lipinski definition) is 2. The molecule has 1 fully saturated rings. The standard InChI is InChI=1S/C21H20N2O6/c1-13-3-5-14(6-4-13)11-23-20(26)16(22-21(23)27)9-15-7-8-17(18(10-15)28-2)29-12-19(24)25/h3-10H,11-12H2,1-2H3,(H,22,27)(H,24,25). The van der Waals surface area contributed by atoms with Crippen molar-refractivity contribution >= 4 is 24.0 Å². The molecule has 2 aromatic carbocycles. The van der Waals surface area contributed by atoms with Crippen LogP contribution in [0.25, 0.3) is 6.08 Å². The van der Waals surface area contributed by atoms with Crippen molar-refractivity contribution in [1.82, 2.24) is 10.2 Å². The summed E-state index contributed by atoms with van der Waals surface area (Å²) in [7, 11) is 1.42. The van der Waals surface area contributed by atoms with E-state index in [2.05, 4.69) is 5.32 Å². The maximum absolute atomic E-state index is 12.6. The fourth-order valence-electron chi connectivity index (χ4n) is 2.79. The Morgan fingerprint density at radius 2 is 1.86 bits per heavy atom. The lowest BCUT2D eigenvalue weighted by Gasteiger charge is -2.12. The van der Waals surface area contributed by atoms with Gasteiger partial charge >= 0.3 is 12.0 Å². The van der Waals surface area contributed by atoms with Crippen LogP contribution in [-0.2, 0) is 16.1 Å². The Hall–Kier alpha value is -3.81. The molecule has 150 valence electrons. The van der Waals surface area contributed by atoms with Gasteiger partial charge in [-0.2, -0.15) is 0 Å². The molecule has 29 heavy (non-hydrogen) atoms. The van der Waals surface area contributed by atoms with Gasteiger partial charge in [0.05, 0.1) is 13.7 Å². The van der Waals surface area contributed by atoms with Crippen molar-refractivity contribution in [2.24, 2.45) is 0 Å². The molecular formula is C21H20N2O6. The molecule has 0 radical (unpaired) electrons. The number of carbonyl (C=O) groups is 3. The van der Waals surface area contributed by atoms with Crippen molar-refractivity contribution in [3.05, 3.63) is 64.9 Å². The molecule has 0 aliphatic carbocycles. The van der Waals surface area contributed by atoms with Crippen LogP contribution in [0.1, 0.15) is 16.7 Å². The Morgan fingerprint density at radius 1 is 1.14 bits per heavy atom. The Morgan fingerprint density at radius 3 is 2.52 bits per heavy atom. The molecule has 0 saturated carbocycles. The zero-order valence-corrected chi connectivity index (χ0v) is 16.0. The second-order valence-corrected chi connectivity index (χ2v) is 6.46. The molecule has 2 N–H and O–H groups in total. The van der Waals surface area contributed by atoms with Gasteiger partial charge < -0.3 is 19.9 Å². The van der Waals surface area contributed by atoms with Crippen LogP contribution < -0.4 is 14.8 Å². The number of ether oxygens (including phenoxy) is 2. The van der Waals surface area contributed by atoms with Crippen LogP contribution in [0.2, 0.25) is 0 Å². The zero-order chi connectivity index (χ0) is 21.0. The van der Waals surface area contributed by atoms with Crippen LogP contribution in [0.3, 0.4) is 0 Å². The van der Waals surface area contributed by atoms with Gasteiger partial charge in [-0.05, 0) is 36.3 Å². The van der Waals surface area contributed by atoms with Crippen LogP contribution in [-0.4, -0.2) is 41.6 Å². The number of carboxylic acid groups (broad SMARTS) is 1. The van der Waals surface area contributed by atoms with E-state index in [-0.39, 0.29) is 18.0 Å². The first-order valence-corrected chi connectivity index (χ1v) is 8.80. The van der Waals surface area contributed by atoms with Gasteiger partial charge in [0.15, 0.2) is 18.1 Å². The monoisotopic (exact) mass is 396 g/mol. The number of imide groups is 1. The number of amides is 3. The first-order chi connectivity index (χ1) is 13.9. The topological polar surface area (TPSA) is 105 Å². The van der Waals surface area contributed by atoms with Crippen molar-refractivity contribution in [2.45, 2.75) is 13.5 Å². The summed E-state index contributed by atoms with van der Waals surface area (Å²) in [4.78, 5) is 36.7. The molecule has 1 heterocycles. The number of rotatable bonds is 7. The van der Waals surface area contributed by atoms with E-state index in [0.29, 0.717) is 11.3 Å². The second-order valence-electron chi connectivity index (χ2n) is 6.46. The molecule has 0 unspecified atom stereocenters. The lowest BCUT2D eigenvalue weighted by Crippen LogP contribution is -2.30. The Bertz CT molecular complexity index is 981. The molecule has 8 heteroatoms. The zero-order valence-electron chi connectivity index (χ0n) is 16.0. The molecule has 8 nitrogen and oxygen atoms in total. The molecule has 3 rings (SSSR count). The number of methoxy groups -OCH3 is 1. The fourth-order valence-corrected chi connectivity index (χ4v) is 2.79. The molecule has 0 bridgehead atoms. The number of nitrogens with zero attached hydrogens (tertiary/aromatic N) is 1. The number of nitrogens with one attached hydrogen (secondary N) is 1. The third kappa shape index (κ3) is 4.73. The number of urea groups is 1. The predicted molar refractivity (Wildman–Crippen MR) is 104 cm³/mol. The lowest BCUT2D eigenvalue weighted by molar-refractivity contribution is -0.139. The summed E-state index contributed by atoms with van der Waals surface area (Å²) in [6.45, 7) is 1.64. The summed E-state index contributed by atoms with van der Waals surface area (Å²) in [5.74, 6) is -0.958. The molecule has 0 spiro atoms. The van der Waals surface area contributed by atoms with Crippen molar-refractivity contribution in [3.8, 4) is 11.5 Å². The maximum Gasteiger partial charge on any atom is 0.341 e. The van der Waals surface area contributed by atoms with E-state index in [4.69, 9.17) is 14.6 Å². The van der Waals surface area contributed by atoms with E-state index in [1.165, 1.54) is 13.2 Å². The van der Waals surface area contributed by atoms with Crippen LogP contribution >= 0.6 is 0 Å². The van der Waals surface area contributed by atoms with Gasteiger partial charge in [-0.1, -0.05) is 35.9 Å². The average molecular weight is 396 g/mol. The van der Waals surface area contributed by atoms with Crippen LogP contribution in [0.5, 0.6) is 11.5 Å². The molecular weight excluding hydrogens is 376 g/mol. The number of aliphatic carboxylic acids is 1. The van der Waals surface area contributed by atoms with E-state index in [0.717, 1.165) is 16.0 Å². The number of hydrogen-bond acceptors (Lipinski definition) is 5. The maximum atomic E-state index is 12.6. The molecule has 3 amide bonds. The number of carboxylic acids is 1. The third-order valence-corrected chi connectivity index (χ3v) is 4.27. The van der Waals surface area contributed by atoms with Crippen molar-refractivity contribution < 1.29 is 29.0 Å². The van der Waals surface area contributed by atoms with E-state index in [9.17, 15) is 14.4 Å². The predicted octanol–water partition coefficient (Wildman–Crippen LogP) is 2.56. The van der Waals surface area contributed by atoms with Gasteiger partial charge in [0.2, 0.25) is 0 Å². The van der Waals surface area contributed by atoms with Crippen LogP contribution in [0.15, 0.2) is 48.2 Å². The van der Waals surface area contributed by atoms with E-state index in [1.54, 1.807) is 18.2 Å². The van der Waals surface area contributed by atoms with Gasteiger partial charge in [-0.15, -0.1) is 0 Å². The third-order valence-electron chi connectivity index (χ3n) is 4.27. The smallest absolute Gasteiger partial charge is 0.341 e. The average Bonchev–Trinajstić information content (AvgIpc) is 2.95. The summed E-state index contributed by atoms with van der Waals surface area (Å²) in [6, 6.07) is 11.9. The molecule has 0 atom stereocenters. The summed E-state index contributed by atoms with van der Waals surface area (Å²) in [6.07, 6.45) is 1.53. The molecule has 1 aliphatic rings. The molecule has 0 aromatic heterocycles. The number of benzene rings is 2. The Labute approximate surface area is 167 Å². The second kappa shape index (κ2) is 8.47. The van der Waals surface area contributed by atoms with Crippen molar-refractivity contribution in [2.75, 3.05) is 13.7 Å². The van der Waals surface area contributed by atoms with Crippen LogP contribution in [0, 0.1) is 6.92 Å².